The predicted molar refractivity (Wildman–Crippen MR) is 71.0 cm³/mol. The normalized spacial score (nSPS) is 17.4. The molecule has 2 nitrogen and oxygen atoms in total. The van der Waals surface area contributed by atoms with Crippen LogP contribution in [0.4, 0.5) is 0 Å². The Morgan fingerprint density at radius 2 is 2.07 bits per heavy atom. The van der Waals surface area contributed by atoms with E-state index in [2.05, 4.69) is 30.4 Å². The summed E-state index contributed by atoms with van der Waals surface area (Å²) in [6, 6.07) is 0. The molecule has 1 N–H and O–H groups in total. The fraction of sp³-hybridized carbons (Fsp3) is 0.917. The van der Waals surface area contributed by atoms with E-state index < -0.39 is 0 Å². The standard InChI is InChI=1S/C12H24N2S/c1-4-12(5-2,15-3)10-14-11-8-6-7-9-13-11/h4-10H2,1-3H3,(H,13,14). The second-order valence-electron chi connectivity index (χ2n) is 4.23. The van der Waals surface area contributed by atoms with E-state index in [0.717, 1.165) is 19.5 Å². The Bertz CT molecular complexity index is 201. The van der Waals surface area contributed by atoms with Crippen molar-refractivity contribution in [2.24, 2.45) is 4.99 Å². The first kappa shape index (κ1) is 12.9. The highest BCUT2D eigenvalue weighted by Gasteiger charge is 2.24. The molecule has 0 atom stereocenters. The SMILES string of the molecule is CCC(CC)(CNC1=NCCCC1)SC. The highest BCUT2D eigenvalue weighted by Crippen LogP contribution is 2.29. The van der Waals surface area contributed by atoms with Gasteiger partial charge >= 0.3 is 0 Å². The largest absolute Gasteiger partial charge is 0.372 e. The lowest BCUT2D eigenvalue weighted by molar-refractivity contribution is 0.531. The Morgan fingerprint density at radius 3 is 2.53 bits per heavy atom. The molecule has 1 aliphatic rings. The lowest BCUT2D eigenvalue weighted by Crippen LogP contribution is -2.40. The fourth-order valence-electron chi connectivity index (χ4n) is 1.97. The summed E-state index contributed by atoms with van der Waals surface area (Å²) >= 11 is 1.99. The average Bonchev–Trinajstić information content (AvgIpc) is 2.33. The quantitative estimate of drug-likeness (QED) is 0.782. The highest BCUT2D eigenvalue weighted by atomic mass is 32.2. The van der Waals surface area contributed by atoms with Crippen LogP contribution in [0.2, 0.25) is 0 Å². The van der Waals surface area contributed by atoms with Crippen LogP contribution in [0.15, 0.2) is 4.99 Å². The first-order valence-electron chi connectivity index (χ1n) is 6.08. The number of aliphatic imine (C=N–C) groups is 1. The number of hydrogen-bond donors (Lipinski definition) is 1. The third kappa shape index (κ3) is 3.71. The van der Waals surface area contributed by atoms with Crippen LogP contribution in [-0.2, 0) is 0 Å². The number of nitrogens with zero attached hydrogens (tertiary/aromatic N) is 1. The summed E-state index contributed by atoms with van der Waals surface area (Å²) < 4.78 is 0.403. The molecule has 0 aromatic heterocycles. The maximum atomic E-state index is 4.53. The van der Waals surface area contributed by atoms with E-state index in [1.54, 1.807) is 0 Å². The molecule has 0 bridgehead atoms. The topological polar surface area (TPSA) is 24.4 Å². The molecule has 0 radical (unpaired) electrons. The van der Waals surface area contributed by atoms with Gasteiger partial charge in [0.25, 0.3) is 0 Å². The zero-order valence-corrected chi connectivity index (χ0v) is 11.1. The predicted octanol–water partition coefficient (Wildman–Crippen LogP) is 3.08. The lowest BCUT2D eigenvalue weighted by Gasteiger charge is -2.31. The van der Waals surface area contributed by atoms with Gasteiger partial charge in [0.1, 0.15) is 0 Å². The van der Waals surface area contributed by atoms with Crippen molar-refractivity contribution in [2.75, 3.05) is 19.3 Å². The third-order valence-electron chi connectivity index (χ3n) is 3.46. The smallest absolute Gasteiger partial charge is 0.0963 e. The van der Waals surface area contributed by atoms with Crippen molar-refractivity contribution in [3.8, 4) is 0 Å². The fourth-order valence-corrected chi connectivity index (χ4v) is 2.76. The molecule has 1 rings (SSSR count). The summed E-state index contributed by atoms with van der Waals surface area (Å²) in [5.41, 5.74) is 0. The Balaban J connectivity index is 2.42. The summed E-state index contributed by atoms with van der Waals surface area (Å²) in [5, 5.41) is 3.54. The molecule has 0 amide bonds. The minimum Gasteiger partial charge on any atom is -0.372 e. The van der Waals surface area contributed by atoms with Crippen LogP contribution in [0.5, 0.6) is 0 Å². The summed E-state index contributed by atoms with van der Waals surface area (Å²) in [7, 11) is 0. The minimum atomic E-state index is 0.403. The van der Waals surface area contributed by atoms with E-state index in [4.69, 9.17) is 0 Å². The van der Waals surface area contributed by atoms with Crippen molar-refractivity contribution >= 4 is 17.6 Å². The van der Waals surface area contributed by atoms with E-state index in [0.29, 0.717) is 4.75 Å². The van der Waals surface area contributed by atoms with Crippen molar-refractivity contribution in [3.63, 3.8) is 0 Å². The molecular formula is C12H24N2S. The van der Waals surface area contributed by atoms with Crippen LogP contribution in [-0.4, -0.2) is 29.9 Å². The molecule has 1 aliphatic heterocycles. The molecule has 0 saturated carbocycles. The molecule has 0 aliphatic carbocycles. The summed E-state index contributed by atoms with van der Waals surface area (Å²) in [5.74, 6) is 1.24. The highest BCUT2D eigenvalue weighted by molar-refractivity contribution is 8.00. The Kier molecular flexibility index (Phi) is 5.51. The molecule has 88 valence electrons. The van der Waals surface area contributed by atoms with E-state index in [-0.39, 0.29) is 0 Å². The van der Waals surface area contributed by atoms with Crippen LogP contribution < -0.4 is 5.32 Å². The Labute approximate surface area is 98.3 Å². The van der Waals surface area contributed by atoms with E-state index in [9.17, 15) is 0 Å². The average molecular weight is 228 g/mol. The van der Waals surface area contributed by atoms with Crippen molar-refractivity contribution in [3.05, 3.63) is 0 Å². The Morgan fingerprint density at radius 1 is 1.33 bits per heavy atom. The zero-order chi connectivity index (χ0) is 11.1. The molecule has 1 heterocycles. The number of thioether (sulfide) groups is 1. The second-order valence-corrected chi connectivity index (χ2v) is 5.51. The van der Waals surface area contributed by atoms with Gasteiger partial charge in [-0.25, -0.2) is 0 Å². The van der Waals surface area contributed by atoms with Gasteiger partial charge in [0.2, 0.25) is 0 Å². The monoisotopic (exact) mass is 228 g/mol. The molecule has 0 fully saturated rings. The van der Waals surface area contributed by atoms with E-state index >= 15 is 0 Å². The molecule has 0 saturated heterocycles. The van der Waals surface area contributed by atoms with Gasteiger partial charge < -0.3 is 5.32 Å². The summed E-state index contributed by atoms with van der Waals surface area (Å²) in [6.07, 6.45) is 8.39. The molecule has 15 heavy (non-hydrogen) atoms. The third-order valence-corrected chi connectivity index (χ3v) is 5.05. The number of amidine groups is 1. The van der Waals surface area contributed by atoms with Gasteiger partial charge in [-0.05, 0) is 31.9 Å². The van der Waals surface area contributed by atoms with Crippen LogP contribution >= 0.6 is 11.8 Å². The van der Waals surface area contributed by atoms with Crippen molar-refractivity contribution in [1.29, 1.82) is 0 Å². The molecule has 0 aromatic carbocycles. The molecule has 0 unspecified atom stereocenters. The van der Waals surface area contributed by atoms with Gasteiger partial charge in [0.15, 0.2) is 0 Å². The van der Waals surface area contributed by atoms with Gasteiger partial charge in [-0.15, -0.1) is 0 Å². The number of rotatable bonds is 5. The van der Waals surface area contributed by atoms with Crippen LogP contribution in [0.1, 0.15) is 46.0 Å². The first-order valence-corrected chi connectivity index (χ1v) is 7.31. The van der Waals surface area contributed by atoms with Gasteiger partial charge in [0, 0.05) is 24.3 Å². The van der Waals surface area contributed by atoms with Gasteiger partial charge in [-0.1, -0.05) is 13.8 Å². The van der Waals surface area contributed by atoms with Crippen molar-refractivity contribution in [1.82, 2.24) is 5.32 Å². The van der Waals surface area contributed by atoms with Gasteiger partial charge in [0.05, 0.1) is 5.84 Å². The van der Waals surface area contributed by atoms with Crippen LogP contribution in [0, 0.1) is 0 Å². The first-order chi connectivity index (χ1) is 7.26. The number of nitrogens with one attached hydrogen (secondary N) is 1. The molecule has 3 heteroatoms. The molecular weight excluding hydrogens is 204 g/mol. The van der Waals surface area contributed by atoms with E-state index in [1.165, 1.54) is 31.5 Å². The minimum absolute atomic E-state index is 0.403. The van der Waals surface area contributed by atoms with Gasteiger partial charge in [-0.3, -0.25) is 4.99 Å². The van der Waals surface area contributed by atoms with Crippen LogP contribution in [0.3, 0.4) is 0 Å². The number of hydrogen-bond acceptors (Lipinski definition) is 3. The van der Waals surface area contributed by atoms with Gasteiger partial charge in [-0.2, -0.15) is 11.8 Å². The molecule has 0 spiro atoms. The Hall–Kier alpha value is -0.180. The van der Waals surface area contributed by atoms with Crippen molar-refractivity contribution in [2.45, 2.75) is 50.7 Å². The van der Waals surface area contributed by atoms with Crippen LogP contribution in [0.25, 0.3) is 0 Å². The second kappa shape index (κ2) is 6.41. The molecule has 0 aromatic rings. The maximum absolute atomic E-state index is 4.53. The summed E-state index contributed by atoms with van der Waals surface area (Å²) in [6.45, 7) is 6.65. The maximum Gasteiger partial charge on any atom is 0.0963 e. The summed E-state index contributed by atoms with van der Waals surface area (Å²) in [4.78, 5) is 4.53. The van der Waals surface area contributed by atoms with Crippen molar-refractivity contribution < 1.29 is 0 Å². The lowest BCUT2D eigenvalue weighted by atomic mass is 10.0. The van der Waals surface area contributed by atoms with E-state index in [1.807, 2.05) is 11.8 Å². The zero-order valence-electron chi connectivity index (χ0n) is 10.3.